The molecule has 2 heterocycles. The van der Waals surface area contributed by atoms with Gasteiger partial charge in [-0.3, -0.25) is 0 Å². The third-order valence-corrected chi connectivity index (χ3v) is 3.17. The molecular formula is C12H18N2. The number of anilines is 1. The molecule has 2 rings (SSSR count). The summed E-state index contributed by atoms with van der Waals surface area (Å²) >= 11 is 0. The van der Waals surface area contributed by atoms with Crippen molar-refractivity contribution in [2.24, 2.45) is 5.92 Å². The molecule has 0 bridgehead atoms. The molecule has 1 fully saturated rings. The van der Waals surface area contributed by atoms with Crippen molar-refractivity contribution in [3.8, 4) is 0 Å². The highest BCUT2D eigenvalue weighted by Crippen LogP contribution is 2.23. The molecule has 14 heavy (non-hydrogen) atoms. The molecule has 1 aliphatic rings. The van der Waals surface area contributed by atoms with E-state index in [-0.39, 0.29) is 0 Å². The van der Waals surface area contributed by atoms with Gasteiger partial charge in [0.05, 0.1) is 0 Å². The quantitative estimate of drug-likeness (QED) is 0.712. The summed E-state index contributed by atoms with van der Waals surface area (Å²) in [5.74, 6) is 2.08. The smallest absolute Gasteiger partial charge is 0.128 e. The second kappa shape index (κ2) is 4.45. The van der Waals surface area contributed by atoms with E-state index in [1.807, 2.05) is 12.3 Å². The number of pyridine rings is 1. The topological polar surface area (TPSA) is 16.1 Å². The Hall–Kier alpha value is -1.05. The number of nitrogens with zero attached hydrogens (tertiary/aromatic N) is 2. The van der Waals surface area contributed by atoms with Crippen LogP contribution in [0, 0.1) is 5.92 Å². The first kappa shape index (κ1) is 9.50. The van der Waals surface area contributed by atoms with E-state index in [9.17, 15) is 0 Å². The van der Waals surface area contributed by atoms with Crippen LogP contribution >= 0.6 is 0 Å². The normalized spacial score (nSPS) is 18.5. The van der Waals surface area contributed by atoms with Crippen LogP contribution in [-0.2, 0) is 0 Å². The molecule has 0 amide bonds. The Balaban J connectivity index is 1.96. The highest BCUT2D eigenvalue weighted by molar-refractivity contribution is 5.37. The van der Waals surface area contributed by atoms with Crippen molar-refractivity contribution < 1.29 is 0 Å². The fourth-order valence-electron chi connectivity index (χ4n) is 2.11. The minimum atomic E-state index is 0.940. The van der Waals surface area contributed by atoms with Crippen LogP contribution in [0.25, 0.3) is 0 Å². The molecule has 0 radical (unpaired) electrons. The van der Waals surface area contributed by atoms with Gasteiger partial charge in [-0.25, -0.2) is 4.98 Å². The van der Waals surface area contributed by atoms with Gasteiger partial charge in [-0.05, 0) is 30.9 Å². The average molecular weight is 190 g/mol. The van der Waals surface area contributed by atoms with E-state index < -0.39 is 0 Å². The van der Waals surface area contributed by atoms with Gasteiger partial charge in [-0.2, -0.15) is 0 Å². The molecule has 2 nitrogen and oxygen atoms in total. The Morgan fingerprint density at radius 2 is 2.14 bits per heavy atom. The number of rotatable bonds is 2. The second-order valence-corrected chi connectivity index (χ2v) is 4.03. The Morgan fingerprint density at radius 1 is 1.36 bits per heavy atom. The third-order valence-electron chi connectivity index (χ3n) is 3.17. The third kappa shape index (κ3) is 2.06. The van der Waals surface area contributed by atoms with Gasteiger partial charge in [0.15, 0.2) is 0 Å². The van der Waals surface area contributed by atoms with Gasteiger partial charge in [-0.15, -0.1) is 0 Å². The summed E-state index contributed by atoms with van der Waals surface area (Å²) in [6, 6.07) is 6.14. The zero-order valence-electron chi connectivity index (χ0n) is 8.82. The summed E-state index contributed by atoms with van der Waals surface area (Å²) in [5.41, 5.74) is 0. The maximum absolute atomic E-state index is 4.38. The lowest BCUT2D eigenvalue weighted by Gasteiger charge is -2.32. The molecular weight excluding hydrogens is 172 g/mol. The van der Waals surface area contributed by atoms with Crippen LogP contribution in [0.5, 0.6) is 0 Å². The molecule has 1 aromatic heterocycles. The Bertz CT molecular complexity index is 263. The van der Waals surface area contributed by atoms with Crippen molar-refractivity contribution in [1.82, 2.24) is 4.98 Å². The van der Waals surface area contributed by atoms with Gasteiger partial charge >= 0.3 is 0 Å². The van der Waals surface area contributed by atoms with Crippen LogP contribution in [0.15, 0.2) is 24.4 Å². The fraction of sp³-hybridized carbons (Fsp3) is 0.583. The van der Waals surface area contributed by atoms with Gasteiger partial charge in [0.2, 0.25) is 0 Å². The van der Waals surface area contributed by atoms with Crippen LogP contribution in [0.3, 0.4) is 0 Å². The van der Waals surface area contributed by atoms with Crippen LogP contribution in [-0.4, -0.2) is 18.1 Å². The lowest BCUT2D eigenvalue weighted by molar-refractivity contribution is 0.394. The number of hydrogen-bond donors (Lipinski definition) is 0. The first-order chi connectivity index (χ1) is 6.90. The summed E-state index contributed by atoms with van der Waals surface area (Å²) in [5, 5.41) is 0. The van der Waals surface area contributed by atoms with Gasteiger partial charge in [-0.1, -0.05) is 19.4 Å². The monoisotopic (exact) mass is 190 g/mol. The summed E-state index contributed by atoms with van der Waals surface area (Å²) < 4.78 is 0. The molecule has 0 N–H and O–H groups in total. The zero-order chi connectivity index (χ0) is 9.80. The second-order valence-electron chi connectivity index (χ2n) is 4.03. The summed E-state index contributed by atoms with van der Waals surface area (Å²) in [6.45, 7) is 4.64. The molecule has 0 saturated carbocycles. The SMILES string of the molecule is CCC1CCN(c2ccccn2)CC1. The van der Waals surface area contributed by atoms with E-state index in [4.69, 9.17) is 0 Å². The van der Waals surface area contributed by atoms with Crippen LogP contribution < -0.4 is 4.90 Å². The van der Waals surface area contributed by atoms with E-state index >= 15 is 0 Å². The molecule has 76 valence electrons. The lowest BCUT2D eigenvalue weighted by atomic mass is 9.94. The number of aromatic nitrogens is 1. The van der Waals surface area contributed by atoms with Crippen molar-refractivity contribution in [2.75, 3.05) is 18.0 Å². The first-order valence-corrected chi connectivity index (χ1v) is 5.56. The highest BCUT2D eigenvalue weighted by atomic mass is 15.2. The van der Waals surface area contributed by atoms with Crippen molar-refractivity contribution in [1.29, 1.82) is 0 Å². The van der Waals surface area contributed by atoms with Crippen molar-refractivity contribution in [2.45, 2.75) is 26.2 Å². The van der Waals surface area contributed by atoms with Gasteiger partial charge < -0.3 is 4.90 Å². The summed E-state index contributed by atoms with van der Waals surface area (Å²) in [4.78, 5) is 6.77. The molecule has 0 aromatic carbocycles. The van der Waals surface area contributed by atoms with E-state index in [1.54, 1.807) is 0 Å². The van der Waals surface area contributed by atoms with E-state index in [1.165, 1.54) is 32.4 Å². The maximum Gasteiger partial charge on any atom is 0.128 e. The Kier molecular flexibility index (Phi) is 3.02. The molecule has 0 aliphatic carbocycles. The molecule has 0 unspecified atom stereocenters. The van der Waals surface area contributed by atoms with Crippen LogP contribution in [0.4, 0.5) is 5.82 Å². The minimum absolute atomic E-state index is 0.940. The molecule has 1 saturated heterocycles. The minimum Gasteiger partial charge on any atom is -0.357 e. The highest BCUT2D eigenvalue weighted by Gasteiger charge is 2.17. The molecule has 0 spiro atoms. The molecule has 1 aromatic rings. The van der Waals surface area contributed by atoms with Crippen LogP contribution in [0.2, 0.25) is 0 Å². The van der Waals surface area contributed by atoms with Gasteiger partial charge in [0.1, 0.15) is 5.82 Å². The number of hydrogen-bond acceptors (Lipinski definition) is 2. The number of piperidine rings is 1. The van der Waals surface area contributed by atoms with E-state index in [2.05, 4.69) is 28.9 Å². The predicted octanol–water partition coefficient (Wildman–Crippen LogP) is 2.71. The largest absolute Gasteiger partial charge is 0.357 e. The summed E-state index contributed by atoms with van der Waals surface area (Å²) in [7, 11) is 0. The van der Waals surface area contributed by atoms with Gasteiger partial charge in [0, 0.05) is 19.3 Å². The summed E-state index contributed by atoms with van der Waals surface area (Å²) in [6.07, 6.45) is 5.86. The molecule has 2 heteroatoms. The Labute approximate surface area is 86.0 Å². The first-order valence-electron chi connectivity index (χ1n) is 5.56. The van der Waals surface area contributed by atoms with Gasteiger partial charge in [0.25, 0.3) is 0 Å². The molecule has 0 atom stereocenters. The zero-order valence-corrected chi connectivity index (χ0v) is 8.82. The Morgan fingerprint density at radius 3 is 2.71 bits per heavy atom. The predicted molar refractivity (Wildman–Crippen MR) is 59.5 cm³/mol. The van der Waals surface area contributed by atoms with E-state index in [0.29, 0.717) is 0 Å². The maximum atomic E-state index is 4.38. The van der Waals surface area contributed by atoms with Crippen molar-refractivity contribution in [3.63, 3.8) is 0 Å². The van der Waals surface area contributed by atoms with E-state index in [0.717, 1.165) is 11.7 Å². The average Bonchev–Trinajstić information content (AvgIpc) is 2.30. The fourth-order valence-corrected chi connectivity index (χ4v) is 2.11. The van der Waals surface area contributed by atoms with Crippen molar-refractivity contribution in [3.05, 3.63) is 24.4 Å². The van der Waals surface area contributed by atoms with Crippen molar-refractivity contribution >= 4 is 5.82 Å². The molecule has 1 aliphatic heterocycles. The standard InChI is InChI=1S/C12H18N2/c1-2-11-6-9-14(10-7-11)12-5-3-4-8-13-12/h3-5,8,11H,2,6-7,9-10H2,1H3. The van der Waals surface area contributed by atoms with Crippen LogP contribution in [0.1, 0.15) is 26.2 Å². The lowest BCUT2D eigenvalue weighted by Crippen LogP contribution is -2.33.